The first kappa shape index (κ1) is 11.7. The van der Waals surface area contributed by atoms with Crippen molar-refractivity contribution < 1.29 is 9.53 Å². The molecule has 0 aromatic carbocycles. The standard InChI is InChI=1S/C11H21NO2/c1-2-8-14-9-7-12-5-3-11(10-13)4-6-12/h10-11H,2-9H2,1H3. The highest BCUT2D eigenvalue weighted by molar-refractivity contribution is 5.53. The monoisotopic (exact) mass is 199 g/mol. The average molecular weight is 199 g/mol. The van der Waals surface area contributed by atoms with E-state index in [0.717, 1.165) is 58.4 Å². The van der Waals surface area contributed by atoms with Crippen LogP contribution < -0.4 is 0 Å². The predicted octanol–water partition coefficient (Wildman–Crippen LogP) is 1.32. The summed E-state index contributed by atoms with van der Waals surface area (Å²) in [6, 6.07) is 0. The molecule has 0 unspecified atom stereocenters. The molecule has 1 saturated heterocycles. The Bertz CT molecular complexity index is 153. The van der Waals surface area contributed by atoms with Gasteiger partial charge in [0.1, 0.15) is 6.29 Å². The Balaban J connectivity index is 2.01. The Hall–Kier alpha value is -0.410. The van der Waals surface area contributed by atoms with Crippen LogP contribution >= 0.6 is 0 Å². The van der Waals surface area contributed by atoms with Gasteiger partial charge in [0.15, 0.2) is 0 Å². The normalized spacial score (nSPS) is 19.8. The third-order valence-corrected chi connectivity index (χ3v) is 2.73. The number of nitrogens with zero attached hydrogens (tertiary/aromatic N) is 1. The molecule has 0 aliphatic carbocycles. The van der Waals surface area contributed by atoms with Gasteiger partial charge in [0.2, 0.25) is 0 Å². The molecule has 0 aromatic heterocycles. The van der Waals surface area contributed by atoms with Gasteiger partial charge in [-0.2, -0.15) is 0 Å². The molecule has 0 N–H and O–H groups in total. The zero-order chi connectivity index (χ0) is 10.2. The van der Waals surface area contributed by atoms with Crippen LogP contribution in [-0.2, 0) is 9.53 Å². The van der Waals surface area contributed by atoms with Crippen molar-refractivity contribution in [3.05, 3.63) is 0 Å². The second kappa shape index (κ2) is 6.96. The third-order valence-electron chi connectivity index (χ3n) is 2.73. The molecule has 3 nitrogen and oxygen atoms in total. The maximum Gasteiger partial charge on any atom is 0.123 e. The van der Waals surface area contributed by atoms with E-state index in [1.54, 1.807) is 0 Å². The van der Waals surface area contributed by atoms with Crippen LogP contribution in [0.3, 0.4) is 0 Å². The molecule has 1 heterocycles. The second-order valence-electron chi connectivity index (χ2n) is 3.93. The molecule has 1 aliphatic rings. The topological polar surface area (TPSA) is 29.5 Å². The highest BCUT2D eigenvalue weighted by Gasteiger charge is 2.17. The third kappa shape index (κ3) is 4.20. The van der Waals surface area contributed by atoms with Crippen molar-refractivity contribution in [1.82, 2.24) is 4.90 Å². The van der Waals surface area contributed by atoms with Crippen molar-refractivity contribution >= 4 is 6.29 Å². The minimum Gasteiger partial charge on any atom is -0.380 e. The lowest BCUT2D eigenvalue weighted by atomic mass is 9.99. The number of rotatable bonds is 6. The van der Waals surface area contributed by atoms with Gasteiger partial charge in [-0.1, -0.05) is 6.92 Å². The van der Waals surface area contributed by atoms with E-state index in [-0.39, 0.29) is 0 Å². The van der Waals surface area contributed by atoms with Crippen molar-refractivity contribution in [1.29, 1.82) is 0 Å². The van der Waals surface area contributed by atoms with Crippen molar-refractivity contribution in [2.24, 2.45) is 5.92 Å². The van der Waals surface area contributed by atoms with Crippen LogP contribution in [0.15, 0.2) is 0 Å². The Morgan fingerprint density at radius 1 is 1.36 bits per heavy atom. The average Bonchev–Trinajstić information content (AvgIpc) is 2.25. The smallest absolute Gasteiger partial charge is 0.123 e. The van der Waals surface area contributed by atoms with Crippen LogP contribution in [0.2, 0.25) is 0 Å². The highest BCUT2D eigenvalue weighted by Crippen LogP contribution is 2.14. The summed E-state index contributed by atoms with van der Waals surface area (Å²) in [6.07, 6.45) is 4.24. The molecule has 0 spiro atoms. The Morgan fingerprint density at radius 2 is 2.07 bits per heavy atom. The number of hydrogen-bond acceptors (Lipinski definition) is 3. The van der Waals surface area contributed by atoms with E-state index in [2.05, 4.69) is 11.8 Å². The molecule has 0 bridgehead atoms. The van der Waals surface area contributed by atoms with E-state index < -0.39 is 0 Å². The van der Waals surface area contributed by atoms with Crippen LogP contribution in [-0.4, -0.2) is 44.0 Å². The van der Waals surface area contributed by atoms with Crippen LogP contribution in [0.4, 0.5) is 0 Å². The van der Waals surface area contributed by atoms with Gasteiger partial charge in [-0.3, -0.25) is 0 Å². The minimum absolute atomic E-state index is 0.308. The predicted molar refractivity (Wildman–Crippen MR) is 56.3 cm³/mol. The van der Waals surface area contributed by atoms with Gasteiger partial charge in [-0.05, 0) is 32.4 Å². The van der Waals surface area contributed by atoms with Gasteiger partial charge < -0.3 is 14.4 Å². The maximum absolute atomic E-state index is 10.5. The number of piperidine rings is 1. The highest BCUT2D eigenvalue weighted by atomic mass is 16.5. The number of aldehydes is 1. The first-order valence-electron chi connectivity index (χ1n) is 5.62. The first-order valence-corrected chi connectivity index (χ1v) is 5.62. The van der Waals surface area contributed by atoms with E-state index in [9.17, 15) is 4.79 Å². The number of ether oxygens (including phenoxy) is 1. The summed E-state index contributed by atoms with van der Waals surface area (Å²) < 4.78 is 5.43. The van der Waals surface area contributed by atoms with Crippen molar-refractivity contribution in [2.45, 2.75) is 26.2 Å². The van der Waals surface area contributed by atoms with Gasteiger partial charge in [-0.25, -0.2) is 0 Å². The second-order valence-corrected chi connectivity index (χ2v) is 3.93. The lowest BCUT2D eigenvalue weighted by Gasteiger charge is -2.29. The van der Waals surface area contributed by atoms with E-state index in [4.69, 9.17) is 4.74 Å². The summed E-state index contributed by atoms with van der Waals surface area (Å²) in [4.78, 5) is 12.9. The van der Waals surface area contributed by atoms with E-state index >= 15 is 0 Å². The van der Waals surface area contributed by atoms with Gasteiger partial charge in [0.05, 0.1) is 6.61 Å². The van der Waals surface area contributed by atoms with Gasteiger partial charge in [-0.15, -0.1) is 0 Å². The first-order chi connectivity index (χ1) is 6.86. The lowest BCUT2D eigenvalue weighted by Crippen LogP contribution is -2.36. The number of likely N-dealkylation sites (tertiary alicyclic amines) is 1. The largest absolute Gasteiger partial charge is 0.380 e. The van der Waals surface area contributed by atoms with Crippen LogP contribution in [0.1, 0.15) is 26.2 Å². The Morgan fingerprint density at radius 3 is 2.64 bits per heavy atom. The molecule has 0 saturated carbocycles. The number of hydrogen-bond donors (Lipinski definition) is 0. The van der Waals surface area contributed by atoms with Crippen molar-refractivity contribution in [3.63, 3.8) is 0 Å². The molecule has 1 fully saturated rings. The number of carbonyl (C=O) groups is 1. The van der Waals surface area contributed by atoms with Crippen LogP contribution in [0.5, 0.6) is 0 Å². The van der Waals surface area contributed by atoms with Crippen LogP contribution in [0.25, 0.3) is 0 Å². The molecule has 0 atom stereocenters. The summed E-state index contributed by atoms with van der Waals surface area (Å²) >= 11 is 0. The van der Waals surface area contributed by atoms with E-state index in [1.807, 2.05) is 0 Å². The summed E-state index contributed by atoms with van der Waals surface area (Å²) in [7, 11) is 0. The SMILES string of the molecule is CCCOCCN1CCC(C=O)CC1. The fraction of sp³-hybridized carbons (Fsp3) is 0.909. The van der Waals surface area contributed by atoms with Crippen molar-refractivity contribution in [2.75, 3.05) is 32.8 Å². The lowest BCUT2D eigenvalue weighted by molar-refractivity contribution is -0.112. The molecule has 1 aliphatic heterocycles. The molecule has 1 rings (SSSR count). The Kier molecular flexibility index (Phi) is 5.80. The summed E-state index contributed by atoms with van der Waals surface area (Å²) in [5.41, 5.74) is 0. The van der Waals surface area contributed by atoms with Gasteiger partial charge in [0, 0.05) is 19.1 Å². The molecule has 3 heteroatoms. The fourth-order valence-corrected chi connectivity index (χ4v) is 1.75. The zero-order valence-electron chi connectivity index (χ0n) is 9.08. The van der Waals surface area contributed by atoms with Crippen molar-refractivity contribution in [3.8, 4) is 0 Å². The quantitative estimate of drug-likeness (QED) is 0.477. The van der Waals surface area contributed by atoms with Gasteiger partial charge >= 0.3 is 0 Å². The fourth-order valence-electron chi connectivity index (χ4n) is 1.75. The molecular formula is C11H21NO2. The maximum atomic E-state index is 10.5. The van der Waals surface area contributed by atoms with E-state index in [1.165, 1.54) is 0 Å². The zero-order valence-corrected chi connectivity index (χ0v) is 9.08. The number of carbonyl (C=O) groups excluding carboxylic acids is 1. The molecule has 0 aromatic rings. The summed E-state index contributed by atoms with van der Waals surface area (Å²) in [5, 5.41) is 0. The summed E-state index contributed by atoms with van der Waals surface area (Å²) in [5.74, 6) is 0.308. The molecule has 0 amide bonds. The Labute approximate surface area is 86.4 Å². The minimum atomic E-state index is 0.308. The molecule has 82 valence electrons. The van der Waals surface area contributed by atoms with Gasteiger partial charge in [0.25, 0.3) is 0 Å². The summed E-state index contributed by atoms with van der Waals surface area (Å²) in [6.45, 7) is 6.95. The molecular weight excluding hydrogens is 178 g/mol. The molecule has 14 heavy (non-hydrogen) atoms. The van der Waals surface area contributed by atoms with Crippen LogP contribution in [0, 0.1) is 5.92 Å². The van der Waals surface area contributed by atoms with E-state index in [0.29, 0.717) is 5.92 Å². The molecule has 0 radical (unpaired) electrons.